The fourth-order valence-corrected chi connectivity index (χ4v) is 2.16. The SMILES string of the molecule is CC.CCN(CC(C)C)C(=O)C(=O)Nc1cnc(N)c2cn[nH]c12.CCOC. The van der Waals surface area contributed by atoms with Gasteiger partial charge in [0, 0.05) is 26.8 Å². The van der Waals surface area contributed by atoms with Crippen molar-refractivity contribution >= 4 is 34.2 Å². The lowest BCUT2D eigenvalue weighted by Crippen LogP contribution is -2.41. The van der Waals surface area contributed by atoms with Crippen LogP contribution in [-0.4, -0.2) is 58.7 Å². The quantitative estimate of drug-likeness (QED) is 0.669. The van der Waals surface area contributed by atoms with Crippen LogP contribution in [0.1, 0.15) is 41.5 Å². The highest BCUT2D eigenvalue weighted by Crippen LogP contribution is 2.23. The van der Waals surface area contributed by atoms with Gasteiger partial charge in [0.05, 0.1) is 29.0 Å². The molecule has 28 heavy (non-hydrogen) atoms. The van der Waals surface area contributed by atoms with Gasteiger partial charge in [0.25, 0.3) is 0 Å². The molecular formula is C19H34N6O3. The molecule has 0 unspecified atom stereocenters. The van der Waals surface area contributed by atoms with Gasteiger partial charge >= 0.3 is 11.8 Å². The van der Waals surface area contributed by atoms with Crippen molar-refractivity contribution in [2.24, 2.45) is 5.92 Å². The van der Waals surface area contributed by atoms with Crippen molar-refractivity contribution in [2.75, 3.05) is 37.9 Å². The Kier molecular flexibility index (Phi) is 12.2. The van der Waals surface area contributed by atoms with Gasteiger partial charge in [-0.2, -0.15) is 5.10 Å². The van der Waals surface area contributed by atoms with E-state index in [9.17, 15) is 9.59 Å². The number of aromatic nitrogens is 3. The minimum atomic E-state index is -0.704. The molecule has 0 radical (unpaired) electrons. The van der Waals surface area contributed by atoms with Crippen molar-refractivity contribution < 1.29 is 14.3 Å². The van der Waals surface area contributed by atoms with Gasteiger partial charge in [-0.3, -0.25) is 14.7 Å². The third-order valence-corrected chi connectivity index (χ3v) is 3.50. The minimum Gasteiger partial charge on any atom is -0.385 e. The number of carbonyl (C=O) groups excluding carboxylic acids is 2. The monoisotopic (exact) mass is 394 g/mol. The second kappa shape index (κ2) is 13.5. The van der Waals surface area contributed by atoms with Crippen molar-refractivity contribution in [1.29, 1.82) is 0 Å². The normalized spacial score (nSPS) is 9.86. The van der Waals surface area contributed by atoms with Gasteiger partial charge in [-0.25, -0.2) is 4.98 Å². The van der Waals surface area contributed by atoms with Crippen molar-refractivity contribution in [3.63, 3.8) is 0 Å². The molecule has 0 saturated carbocycles. The third-order valence-electron chi connectivity index (χ3n) is 3.50. The molecule has 0 aliphatic rings. The maximum atomic E-state index is 12.2. The van der Waals surface area contributed by atoms with Gasteiger partial charge in [0.2, 0.25) is 0 Å². The molecule has 0 bridgehead atoms. The highest BCUT2D eigenvalue weighted by atomic mass is 16.5. The third kappa shape index (κ3) is 7.51. The summed E-state index contributed by atoms with van der Waals surface area (Å²) in [6, 6.07) is 0. The van der Waals surface area contributed by atoms with Crippen LogP contribution in [0.3, 0.4) is 0 Å². The summed E-state index contributed by atoms with van der Waals surface area (Å²) < 4.78 is 4.54. The number of methoxy groups -OCH3 is 1. The lowest BCUT2D eigenvalue weighted by molar-refractivity contribution is -0.143. The number of anilines is 2. The summed E-state index contributed by atoms with van der Waals surface area (Å²) in [7, 11) is 1.68. The van der Waals surface area contributed by atoms with Crippen LogP contribution in [0, 0.1) is 5.92 Å². The summed E-state index contributed by atoms with van der Waals surface area (Å²) in [6.07, 6.45) is 2.92. The number of aromatic amines is 1. The Balaban J connectivity index is 0.00000108. The van der Waals surface area contributed by atoms with E-state index >= 15 is 0 Å². The van der Waals surface area contributed by atoms with Crippen molar-refractivity contribution in [3.05, 3.63) is 12.4 Å². The number of hydrogen-bond donors (Lipinski definition) is 3. The lowest BCUT2D eigenvalue weighted by atomic mass is 10.2. The van der Waals surface area contributed by atoms with Crippen molar-refractivity contribution in [3.8, 4) is 0 Å². The molecule has 4 N–H and O–H groups in total. The molecule has 0 aliphatic carbocycles. The average Bonchev–Trinajstić information content (AvgIpc) is 3.20. The molecule has 0 atom stereocenters. The van der Waals surface area contributed by atoms with Crippen LogP contribution in [0.5, 0.6) is 0 Å². The zero-order valence-corrected chi connectivity index (χ0v) is 18.0. The molecule has 2 aromatic rings. The molecule has 2 aromatic heterocycles. The van der Waals surface area contributed by atoms with Gasteiger partial charge in [0.15, 0.2) is 0 Å². The standard InChI is InChI=1S/C14H20N6O2.C3H8O.C2H6/c1-4-20(7-8(2)3)14(22)13(21)18-10-6-16-12(15)9-5-17-19-11(9)10;1-3-4-2;1-2/h5-6,8H,4,7H2,1-3H3,(H2,15,16)(H,17,19)(H,18,21);3H2,1-2H3;1-2H3. The number of nitrogen functional groups attached to an aromatic ring is 1. The largest absolute Gasteiger partial charge is 0.385 e. The first-order valence-electron chi connectivity index (χ1n) is 9.52. The Bertz CT molecular complexity index is 728. The number of H-pyrrole nitrogens is 1. The fraction of sp³-hybridized carbons (Fsp3) is 0.579. The molecule has 2 amide bonds. The Morgan fingerprint density at radius 3 is 2.39 bits per heavy atom. The fourth-order valence-electron chi connectivity index (χ4n) is 2.16. The molecular weight excluding hydrogens is 360 g/mol. The molecule has 2 heterocycles. The Morgan fingerprint density at radius 1 is 1.29 bits per heavy atom. The number of nitrogens with one attached hydrogen (secondary N) is 2. The topological polar surface area (TPSA) is 126 Å². The first-order valence-corrected chi connectivity index (χ1v) is 9.52. The zero-order chi connectivity index (χ0) is 21.7. The van der Waals surface area contributed by atoms with Gasteiger partial charge in [-0.05, 0) is 19.8 Å². The van der Waals surface area contributed by atoms with E-state index in [4.69, 9.17) is 5.73 Å². The van der Waals surface area contributed by atoms with Crippen LogP contribution >= 0.6 is 0 Å². The number of rotatable bonds is 5. The van der Waals surface area contributed by atoms with Gasteiger partial charge < -0.3 is 20.7 Å². The summed E-state index contributed by atoms with van der Waals surface area (Å²) in [5.41, 5.74) is 6.64. The Labute approximate surface area is 167 Å². The molecule has 0 aliphatic heterocycles. The molecule has 9 heteroatoms. The van der Waals surface area contributed by atoms with Gasteiger partial charge in [0.1, 0.15) is 5.82 Å². The molecule has 0 aromatic carbocycles. The molecule has 9 nitrogen and oxygen atoms in total. The minimum absolute atomic E-state index is 0.286. The number of fused-ring (bicyclic) bond motifs is 1. The van der Waals surface area contributed by atoms with Gasteiger partial charge in [-0.15, -0.1) is 0 Å². The number of pyridine rings is 1. The Morgan fingerprint density at radius 2 is 1.89 bits per heavy atom. The highest BCUT2D eigenvalue weighted by molar-refractivity contribution is 6.40. The maximum Gasteiger partial charge on any atom is 0.314 e. The summed E-state index contributed by atoms with van der Waals surface area (Å²) in [4.78, 5) is 29.8. The van der Waals surface area contributed by atoms with Gasteiger partial charge in [-0.1, -0.05) is 27.7 Å². The number of nitrogens with two attached hydrogens (primary N) is 1. The summed E-state index contributed by atoms with van der Waals surface area (Å²) in [5, 5.41) is 9.78. The van der Waals surface area contributed by atoms with E-state index in [1.54, 1.807) is 7.11 Å². The van der Waals surface area contributed by atoms with Crippen molar-refractivity contribution in [2.45, 2.75) is 41.5 Å². The summed E-state index contributed by atoms with van der Waals surface area (Å²) in [6.45, 7) is 13.6. The van der Waals surface area contributed by atoms with E-state index in [0.717, 1.165) is 6.61 Å². The van der Waals surface area contributed by atoms with E-state index in [2.05, 4.69) is 25.2 Å². The number of amides is 2. The Hall–Kier alpha value is -2.68. The highest BCUT2D eigenvalue weighted by Gasteiger charge is 2.22. The molecule has 0 saturated heterocycles. The predicted molar refractivity (Wildman–Crippen MR) is 113 cm³/mol. The van der Waals surface area contributed by atoms with E-state index < -0.39 is 11.8 Å². The molecule has 158 valence electrons. The zero-order valence-electron chi connectivity index (χ0n) is 18.0. The maximum absolute atomic E-state index is 12.2. The average molecular weight is 395 g/mol. The lowest BCUT2D eigenvalue weighted by Gasteiger charge is -2.22. The second-order valence-electron chi connectivity index (χ2n) is 5.98. The predicted octanol–water partition coefficient (Wildman–Crippen LogP) is 2.66. The van der Waals surface area contributed by atoms with Crippen LogP contribution in [0.25, 0.3) is 10.9 Å². The van der Waals surface area contributed by atoms with Crippen LogP contribution < -0.4 is 11.1 Å². The van der Waals surface area contributed by atoms with E-state index in [-0.39, 0.29) is 5.92 Å². The number of nitrogens with zero attached hydrogens (tertiary/aromatic N) is 3. The van der Waals surface area contributed by atoms with Crippen LogP contribution in [-0.2, 0) is 14.3 Å². The van der Waals surface area contributed by atoms with Crippen LogP contribution in [0.4, 0.5) is 11.5 Å². The second-order valence-corrected chi connectivity index (χ2v) is 5.98. The van der Waals surface area contributed by atoms with Crippen LogP contribution in [0.2, 0.25) is 0 Å². The molecule has 2 rings (SSSR count). The first-order chi connectivity index (χ1) is 13.3. The van der Waals surface area contributed by atoms with E-state index in [1.807, 2.05) is 41.5 Å². The summed E-state index contributed by atoms with van der Waals surface area (Å²) in [5.74, 6) is -0.678. The van der Waals surface area contributed by atoms with Crippen LogP contribution in [0.15, 0.2) is 12.4 Å². The van der Waals surface area contributed by atoms with E-state index in [0.29, 0.717) is 35.5 Å². The molecule has 0 spiro atoms. The smallest absolute Gasteiger partial charge is 0.314 e. The first kappa shape index (κ1) is 25.3. The summed E-state index contributed by atoms with van der Waals surface area (Å²) >= 11 is 0. The number of hydrogen-bond acceptors (Lipinski definition) is 6. The number of ether oxygens (including phenoxy) is 1. The molecule has 0 fully saturated rings. The van der Waals surface area contributed by atoms with E-state index in [1.165, 1.54) is 17.3 Å². The number of carbonyl (C=O) groups is 2. The van der Waals surface area contributed by atoms with Crippen molar-refractivity contribution in [1.82, 2.24) is 20.1 Å². The number of likely N-dealkylation sites (N-methyl/N-ethyl adjacent to an activating group) is 1.